The quantitative estimate of drug-likeness (QED) is 0.614. The molecule has 4 rings (SSSR count). The third-order valence-electron chi connectivity index (χ3n) is 4.98. The Balaban J connectivity index is 1.44. The molecule has 0 saturated carbocycles. The fourth-order valence-electron chi connectivity index (χ4n) is 3.22. The summed E-state index contributed by atoms with van der Waals surface area (Å²) in [7, 11) is 2.02. The minimum Gasteiger partial charge on any atom is -0.489 e. The van der Waals surface area contributed by atoms with Crippen molar-refractivity contribution in [2.45, 2.75) is 6.61 Å². The Hall–Kier alpha value is -2.84. The summed E-state index contributed by atoms with van der Waals surface area (Å²) in [6.45, 7) is 3.11. The molecule has 0 spiro atoms. The van der Waals surface area contributed by atoms with E-state index in [-0.39, 0.29) is 18.3 Å². The first kappa shape index (κ1) is 20.4. The Morgan fingerprint density at radius 3 is 2.67 bits per heavy atom. The van der Waals surface area contributed by atoms with Crippen LogP contribution in [0.3, 0.4) is 0 Å². The molecule has 30 heavy (non-hydrogen) atoms. The second-order valence-electron chi connectivity index (χ2n) is 7.19. The van der Waals surface area contributed by atoms with Crippen LogP contribution in [0.15, 0.2) is 47.8 Å². The predicted octanol–water partition coefficient (Wildman–Crippen LogP) is 4.05. The molecular formula is C22H21F2N3O2S. The minimum absolute atomic E-state index is 0.124. The molecule has 2 heterocycles. The number of thiazole rings is 1. The predicted molar refractivity (Wildman–Crippen MR) is 112 cm³/mol. The molecule has 1 amide bonds. The minimum atomic E-state index is -0.486. The molecule has 0 atom stereocenters. The van der Waals surface area contributed by atoms with Crippen LogP contribution in [0.25, 0.3) is 10.6 Å². The number of ether oxygens (including phenoxy) is 1. The highest BCUT2D eigenvalue weighted by molar-refractivity contribution is 7.13. The molecule has 0 N–H and O–H groups in total. The van der Waals surface area contributed by atoms with E-state index >= 15 is 0 Å². The van der Waals surface area contributed by atoms with Crippen molar-refractivity contribution >= 4 is 17.2 Å². The molecule has 8 heteroatoms. The van der Waals surface area contributed by atoms with Gasteiger partial charge in [0.2, 0.25) is 0 Å². The van der Waals surface area contributed by atoms with Crippen LogP contribution in [0.5, 0.6) is 5.75 Å². The normalized spacial score (nSPS) is 14.7. The summed E-state index contributed by atoms with van der Waals surface area (Å²) < 4.78 is 33.5. The van der Waals surface area contributed by atoms with Gasteiger partial charge in [0, 0.05) is 43.2 Å². The lowest BCUT2D eigenvalue weighted by Crippen LogP contribution is -2.47. The maximum atomic E-state index is 14.7. The topological polar surface area (TPSA) is 45.7 Å². The van der Waals surface area contributed by atoms with Gasteiger partial charge in [-0.3, -0.25) is 4.79 Å². The number of aromatic nitrogens is 1. The highest BCUT2D eigenvalue weighted by atomic mass is 32.1. The van der Waals surface area contributed by atoms with Gasteiger partial charge in [0.1, 0.15) is 34.7 Å². The summed E-state index contributed by atoms with van der Waals surface area (Å²) in [6, 6.07) is 10.6. The number of hydrogen-bond acceptors (Lipinski definition) is 5. The first-order valence-electron chi connectivity index (χ1n) is 9.60. The van der Waals surface area contributed by atoms with Crippen LogP contribution < -0.4 is 4.74 Å². The van der Waals surface area contributed by atoms with Crippen molar-refractivity contribution < 1.29 is 18.3 Å². The Labute approximate surface area is 177 Å². The van der Waals surface area contributed by atoms with Gasteiger partial charge in [-0.1, -0.05) is 12.1 Å². The lowest BCUT2D eigenvalue weighted by atomic mass is 10.2. The van der Waals surface area contributed by atoms with Crippen molar-refractivity contribution in [3.8, 4) is 16.3 Å². The van der Waals surface area contributed by atoms with Crippen molar-refractivity contribution in [2.24, 2.45) is 0 Å². The van der Waals surface area contributed by atoms with Crippen LogP contribution in [-0.4, -0.2) is 53.9 Å². The molecule has 1 fully saturated rings. The SMILES string of the molecule is CN1CCN(C(=O)c2csc(-c3ccc(OCc4cccc(F)c4)cc3F)n2)CC1. The Morgan fingerprint density at radius 1 is 1.13 bits per heavy atom. The van der Waals surface area contributed by atoms with Crippen LogP contribution in [0.4, 0.5) is 8.78 Å². The van der Waals surface area contributed by atoms with Gasteiger partial charge >= 0.3 is 0 Å². The average molecular weight is 429 g/mol. The number of carbonyl (C=O) groups is 1. The van der Waals surface area contributed by atoms with E-state index in [1.165, 1.54) is 29.5 Å². The molecule has 1 saturated heterocycles. The lowest BCUT2D eigenvalue weighted by Gasteiger charge is -2.31. The smallest absolute Gasteiger partial charge is 0.273 e. The van der Waals surface area contributed by atoms with E-state index in [0.717, 1.165) is 13.1 Å². The number of hydrogen-bond donors (Lipinski definition) is 0. The van der Waals surface area contributed by atoms with Gasteiger partial charge in [-0.2, -0.15) is 0 Å². The van der Waals surface area contributed by atoms with Crippen LogP contribution in [-0.2, 0) is 6.61 Å². The Morgan fingerprint density at radius 2 is 1.93 bits per heavy atom. The fraction of sp³-hybridized carbons (Fsp3) is 0.273. The molecule has 5 nitrogen and oxygen atoms in total. The van der Waals surface area contributed by atoms with Gasteiger partial charge in [0.05, 0.1) is 0 Å². The van der Waals surface area contributed by atoms with Crippen molar-refractivity contribution in [3.63, 3.8) is 0 Å². The number of nitrogens with zero attached hydrogens (tertiary/aromatic N) is 3. The summed E-state index contributed by atoms with van der Waals surface area (Å²) in [5.74, 6) is -0.616. The molecule has 0 aliphatic carbocycles. The molecule has 0 unspecified atom stereocenters. The summed E-state index contributed by atoms with van der Waals surface area (Å²) in [6.07, 6.45) is 0. The average Bonchev–Trinajstić information content (AvgIpc) is 3.22. The van der Waals surface area contributed by atoms with Gasteiger partial charge in [0.15, 0.2) is 0 Å². The molecule has 156 valence electrons. The molecule has 3 aromatic rings. The van der Waals surface area contributed by atoms with Gasteiger partial charge in [-0.15, -0.1) is 11.3 Å². The Bertz CT molecular complexity index is 1050. The summed E-state index contributed by atoms with van der Waals surface area (Å²) in [5, 5.41) is 2.12. The third kappa shape index (κ3) is 4.66. The maximum Gasteiger partial charge on any atom is 0.273 e. The summed E-state index contributed by atoms with van der Waals surface area (Å²) in [5.41, 5.74) is 1.31. The highest BCUT2D eigenvalue weighted by Gasteiger charge is 2.23. The second kappa shape index (κ2) is 8.89. The molecular weight excluding hydrogens is 408 g/mol. The van der Waals surface area contributed by atoms with E-state index in [0.29, 0.717) is 40.7 Å². The zero-order valence-corrected chi connectivity index (χ0v) is 17.3. The zero-order chi connectivity index (χ0) is 21.1. The molecule has 0 radical (unpaired) electrons. The van der Waals surface area contributed by atoms with E-state index in [2.05, 4.69) is 9.88 Å². The van der Waals surface area contributed by atoms with Gasteiger partial charge in [-0.25, -0.2) is 13.8 Å². The van der Waals surface area contributed by atoms with Crippen LogP contribution in [0.2, 0.25) is 0 Å². The lowest BCUT2D eigenvalue weighted by molar-refractivity contribution is 0.0659. The number of likely N-dealkylation sites (N-methyl/N-ethyl adjacent to an activating group) is 1. The number of amides is 1. The molecule has 1 aromatic heterocycles. The number of benzene rings is 2. The fourth-order valence-corrected chi connectivity index (χ4v) is 4.04. The monoisotopic (exact) mass is 429 g/mol. The zero-order valence-electron chi connectivity index (χ0n) is 16.5. The van der Waals surface area contributed by atoms with Crippen LogP contribution in [0, 0.1) is 11.6 Å². The number of rotatable bonds is 5. The van der Waals surface area contributed by atoms with Crippen LogP contribution in [0.1, 0.15) is 16.1 Å². The van der Waals surface area contributed by atoms with E-state index in [4.69, 9.17) is 4.74 Å². The summed E-state index contributed by atoms with van der Waals surface area (Å²) in [4.78, 5) is 21.0. The molecule has 2 aromatic carbocycles. The first-order valence-corrected chi connectivity index (χ1v) is 10.5. The van der Waals surface area contributed by atoms with E-state index < -0.39 is 5.82 Å². The van der Waals surface area contributed by atoms with Gasteiger partial charge < -0.3 is 14.5 Å². The van der Waals surface area contributed by atoms with Crippen molar-refractivity contribution in [2.75, 3.05) is 33.2 Å². The number of piperazine rings is 1. The van der Waals surface area contributed by atoms with E-state index in [1.807, 2.05) is 7.05 Å². The maximum absolute atomic E-state index is 14.7. The van der Waals surface area contributed by atoms with Crippen molar-refractivity contribution in [1.82, 2.24) is 14.8 Å². The summed E-state index contributed by atoms with van der Waals surface area (Å²) >= 11 is 1.24. The molecule has 1 aliphatic rings. The largest absolute Gasteiger partial charge is 0.489 e. The second-order valence-corrected chi connectivity index (χ2v) is 8.05. The van der Waals surface area contributed by atoms with E-state index in [1.54, 1.807) is 34.5 Å². The molecule has 0 bridgehead atoms. The van der Waals surface area contributed by atoms with E-state index in [9.17, 15) is 13.6 Å². The first-order chi connectivity index (χ1) is 14.5. The highest BCUT2D eigenvalue weighted by Crippen LogP contribution is 2.29. The number of halogens is 2. The standard InChI is InChI=1S/C22H21F2N3O2S/c1-26-7-9-27(10-8-26)22(28)20-14-30-21(25-20)18-6-5-17(12-19(18)24)29-13-15-3-2-4-16(23)11-15/h2-6,11-12,14H,7-10,13H2,1H3. The third-order valence-corrected chi connectivity index (χ3v) is 5.85. The van der Waals surface area contributed by atoms with Crippen molar-refractivity contribution in [1.29, 1.82) is 0 Å². The Kier molecular flexibility index (Phi) is 6.06. The van der Waals surface area contributed by atoms with Gasteiger partial charge in [-0.05, 0) is 36.9 Å². The van der Waals surface area contributed by atoms with Gasteiger partial charge in [0.25, 0.3) is 5.91 Å². The van der Waals surface area contributed by atoms with Crippen molar-refractivity contribution in [3.05, 3.63) is 70.7 Å². The van der Waals surface area contributed by atoms with Crippen LogP contribution >= 0.6 is 11.3 Å². The number of carbonyl (C=O) groups excluding carboxylic acids is 1. The molecule has 1 aliphatic heterocycles.